The molecule has 0 spiro atoms. The van der Waals surface area contributed by atoms with E-state index in [4.69, 9.17) is 0 Å². The van der Waals surface area contributed by atoms with Gasteiger partial charge in [0.1, 0.15) is 6.04 Å². The van der Waals surface area contributed by atoms with Gasteiger partial charge in [0.25, 0.3) is 5.91 Å². The summed E-state index contributed by atoms with van der Waals surface area (Å²) in [7, 11) is 1.30. The number of methoxy groups -OCH3 is 1. The van der Waals surface area contributed by atoms with Crippen molar-refractivity contribution in [2.24, 2.45) is 5.92 Å². The average molecular weight is 376 g/mol. The van der Waals surface area contributed by atoms with Crippen LogP contribution in [0.4, 0.5) is 0 Å². The van der Waals surface area contributed by atoms with E-state index in [1.54, 1.807) is 12.1 Å². The number of carbonyl (C=O) groups excluding carboxylic acids is 3. The standard InChI is InChI=1S/C21H32N2O4/c1-14(2)13-17(20(26)22-12-11-18(24)27-6)23-19(25)15-7-9-16(10-8-15)21(3,4)5/h7-10,14,17H,11-13H2,1-6H3,(H,22,26)(H,23,25). The van der Waals surface area contributed by atoms with Crippen molar-refractivity contribution in [1.29, 1.82) is 0 Å². The van der Waals surface area contributed by atoms with Gasteiger partial charge in [0.05, 0.1) is 13.5 Å². The maximum absolute atomic E-state index is 12.6. The molecule has 0 radical (unpaired) electrons. The molecule has 27 heavy (non-hydrogen) atoms. The van der Waals surface area contributed by atoms with E-state index in [1.165, 1.54) is 7.11 Å². The molecule has 1 aromatic carbocycles. The van der Waals surface area contributed by atoms with Gasteiger partial charge in [-0.15, -0.1) is 0 Å². The van der Waals surface area contributed by atoms with E-state index in [1.807, 2.05) is 26.0 Å². The van der Waals surface area contributed by atoms with Crippen LogP contribution in [0.3, 0.4) is 0 Å². The van der Waals surface area contributed by atoms with Crippen LogP contribution in [0.2, 0.25) is 0 Å². The number of rotatable bonds is 8. The Morgan fingerprint density at radius 1 is 1.07 bits per heavy atom. The summed E-state index contributed by atoms with van der Waals surface area (Å²) in [5.41, 5.74) is 1.66. The number of ether oxygens (including phenoxy) is 1. The van der Waals surface area contributed by atoms with Crippen LogP contribution in [0.25, 0.3) is 0 Å². The number of hydrogen-bond donors (Lipinski definition) is 2. The van der Waals surface area contributed by atoms with Crippen molar-refractivity contribution in [2.75, 3.05) is 13.7 Å². The van der Waals surface area contributed by atoms with Crippen LogP contribution in [-0.2, 0) is 19.7 Å². The van der Waals surface area contributed by atoms with Crippen molar-refractivity contribution >= 4 is 17.8 Å². The fourth-order valence-electron chi connectivity index (χ4n) is 2.58. The summed E-state index contributed by atoms with van der Waals surface area (Å²) in [6.45, 7) is 10.5. The van der Waals surface area contributed by atoms with Crippen molar-refractivity contribution < 1.29 is 19.1 Å². The highest BCUT2D eigenvalue weighted by Gasteiger charge is 2.23. The Balaban J connectivity index is 2.76. The van der Waals surface area contributed by atoms with E-state index in [2.05, 4.69) is 36.1 Å². The molecule has 1 aromatic rings. The van der Waals surface area contributed by atoms with Gasteiger partial charge in [-0.2, -0.15) is 0 Å². The molecule has 0 aliphatic rings. The van der Waals surface area contributed by atoms with Gasteiger partial charge in [0.15, 0.2) is 0 Å². The van der Waals surface area contributed by atoms with E-state index < -0.39 is 12.0 Å². The fourth-order valence-corrected chi connectivity index (χ4v) is 2.58. The summed E-state index contributed by atoms with van der Waals surface area (Å²) >= 11 is 0. The topological polar surface area (TPSA) is 84.5 Å². The lowest BCUT2D eigenvalue weighted by Crippen LogP contribution is -2.47. The average Bonchev–Trinajstić information content (AvgIpc) is 2.59. The molecule has 0 aromatic heterocycles. The van der Waals surface area contributed by atoms with E-state index in [0.717, 1.165) is 5.56 Å². The highest BCUT2D eigenvalue weighted by molar-refractivity contribution is 5.97. The molecule has 0 bridgehead atoms. The SMILES string of the molecule is COC(=O)CCNC(=O)C(CC(C)C)NC(=O)c1ccc(C(C)(C)C)cc1. The van der Waals surface area contributed by atoms with Crippen molar-refractivity contribution in [3.8, 4) is 0 Å². The van der Waals surface area contributed by atoms with Crippen LogP contribution in [0, 0.1) is 5.92 Å². The molecule has 1 atom stereocenters. The molecule has 0 fully saturated rings. The molecule has 0 aliphatic heterocycles. The van der Waals surface area contributed by atoms with Crippen LogP contribution < -0.4 is 10.6 Å². The molecule has 0 aliphatic carbocycles. The Bertz CT molecular complexity index is 645. The molecular weight excluding hydrogens is 344 g/mol. The van der Waals surface area contributed by atoms with Crippen LogP contribution in [0.5, 0.6) is 0 Å². The third-order valence-corrected chi connectivity index (χ3v) is 4.20. The highest BCUT2D eigenvalue weighted by Crippen LogP contribution is 2.22. The first-order valence-corrected chi connectivity index (χ1v) is 9.30. The fraction of sp³-hybridized carbons (Fsp3) is 0.571. The van der Waals surface area contributed by atoms with E-state index in [9.17, 15) is 14.4 Å². The molecule has 150 valence electrons. The third-order valence-electron chi connectivity index (χ3n) is 4.20. The Morgan fingerprint density at radius 2 is 1.67 bits per heavy atom. The molecule has 0 heterocycles. The highest BCUT2D eigenvalue weighted by atomic mass is 16.5. The van der Waals surface area contributed by atoms with Crippen LogP contribution >= 0.6 is 0 Å². The van der Waals surface area contributed by atoms with Crippen molar-refractivity contribution in [3.05, 3.63) is 35.4 Å². The summed E-state index contributed by atoms with van der Waals surface area (Å²) in [4.78, 5) is 36.1. The van der Waals surface area contributed by atoms with Gasteiger partial charge >= 0.3 is 5.97 Å². The molecular formula is C21H32N2O4. The Labute approximate surface area is 162 Å². The van der Waals surface area contributed by atoms with Gasteiger partial charge in [0, 0.05) is 12.1 Å². The lowest BCUT2D eigenvalue weighted by molar-refractivity contribution is -0.140. The molecule has 2 amide bonds. The molecule has 6 nitrogen and oxygen atoms in total. The number of hydrogen-bond acceptors (Lipinski definition) is 4. The predicted molar refractivity (Wildman–Crippen MR) is 105 cm³/mol. The maximum Gasteiger partial charge on any atom is 0.307 e. The molecule has 1 unspecified atom stereocenters. The number of esters is 1. The third kappa shape index (κ3) is 7.81. The normalized spacial score (nSPS) is 12.4. The van der Waals surface area contributed by atoms with Gasteiger partial charge in [-0.3, -0.25) is 14.4 Å². The Hall–Kier alpha value is -2.37. The molecule has 1 rings (SSSR count). The maximum atomic E-state index is 12.6. The number of carbonyl (C=O) groups is 3. The Kier molecular flexibility index (Phi) is 8.47. The van der Waals surface area contributed by atoms with Gasteiger partial charge in [-0.05, 0) is 35.4 Å². The minimum atomic E-state index is -0.655. The summed E-state index contributed by atoms with van der Waals surface area (Å²) < 4.78 is 4.55. The first kappa shape index (κ1) is 22.7. The molecule has 0 saturated heterocycles. The lowest BCUT2D eigenvalue weighted by Gasteiger charge is -2.21. The minimum Gasteiger partial charge on any atom is -0.469 e. The zero-order valence-corrected chi connectivity index (χ0v) is 17.2. The van der Waals surface area contributed by atoms with Crippen molar-refractivity contribution in [2.45, 2.75) is 58.9 Å². The predicted octanol–water partition coefficient (Wildman–Crippen LogP) is 2.81. The van der Waals surface area contributed by atoms with Gasteiger partial charge in [-0.1, -0.05) is 46.8 Å². The number of amides is 2. The second-order valence-corrected chi connectivity index (χ2v) is 8.10. The summed E-state index contributed by atoms with van der Waals surface area (Å²) in [5.74, 6) is -0.750. The van der Waals surface area contributed by atoms with E-state index in [-0.39, 0.29) is 36.1 Å². The summed E-state index contributed by atoms with van der Waals surface area (Å²) in [6.07, 6.45) is 0.606. The smallest absolute Gasteiger partial charge is 0.307 e. The summed E-state index contributed by atoms with van der Waals surface area (Å²) in [5, 5.41) is 5.49. The zero-order valence-electron chi connectivity index (χ0n) is 17.2. The van der Waals surface area contributed by atoms with Gasteiger partial charge < -0.3 is 15.4 Å². The van der Waals surface area contributed by atoms with Crippen molar-refractivity contribution in [3.63, 3.8) is 0 Å². The zero-order chi connectivity index (χ0) is 20.6. The molecule has 0 saturated carbocycles. The van der Waals surface area contributed by atoms with Crippen LogP contribution in [-0.4, -0.2) is 37.5 Å². The van der Waals surface area contributed by atoms with Crippen LogP contribution in [0.1, 0.15) is 63.4 Å². The number of benzene rings is 1. The molecule has 2 N–H and O–H groups in total. The first-order valence-electron chi connectivity index (χ1n) is 9.30. The summed E-state index contributed by atoms with van der Waals surface area (Å²) in [6, 6.07) is 6.76. The van der Waals surface area contributed by atoms with E-state index in [0.29, 0.717) is 12.0 Å². The van der Waals surface area contributed by atoms with Crippen LogP contribution in [0.15, 0.2) is 24.3 Å². The van der Waals surface area contributed by atoms with E-state index >= 15 is 0 Å². The van der Waals surface area contributed by atoms with Crippen molar-refractivity contribution in [1.82, 2.24) is 10.6 Å². The monoisotopic (exact) mass is 376 g/mol. The Morgan fingerprint density at radius 3 is 2.15 bits per heavy atom. The van der Waals surface area contributed by atoms with Gasteiger partial charge in [-0.25, -0.2) is 0 Å². The second kappa shape index (κ2) is 10.1. The second-order valence-electron chi connectivity index (χ2n) is 8.10. The quantitative estimate of drug-likeness (QED) is 0.683. The molecule has 6 heteroatoms. The first-order chi connectivity index (χ1) is 12.5. The van der Waals surface area contributed by atoms with Gasteiger partial charge in [0.2, 0.25) is 5.91 Å². The largest absolute Gasteiger partial charge is 0.469 e. The minimum absolute atomic E-state index is 0.00864. The lowest BCUT2D eigenvalue weighted by atomic mass is 9.86. The number of nitrogens with one attached hydrogen (secondary N) is 2.